The number of sulfonamides is 1. The Bertz CT molecular complexity index is 926. The van der Waals surface area contributed by atoms with Gasteiger partial charge in [0, 0.05) is 53.4 Å². The lowest BCUT2D eigenvalue weighted by molar-refractivity contribution is 0.0825. The Balaban J connectivity index is 1.94. The van der Waals surface area contributed by atoms with Crippen molar-refractivity contribution in [3.05, 3.63) is 35.0 Å². The lowest BCUT2D eigenvalue weighted by Crippen LogP contribution is -2.29. The van der Waals surface area contributed by atoms with Crippen molar-refractivity contribution in [3.63, 3.8) is 0 Å². The van der Waals surface area contributed by atoms with Crippen LogP contribution in [0.2, 0.25) is 0 Å². The van der Waals surface area contributed by atoms with Gasteiger partial charge in [-0.05, 0) is 17.9 Å². The Morgan fingerprint density at radius 3 is 2.63 bits per heavy atom. The highest BCUT2D eigenvalue weighted by molar-refractivity contribution is 7.91. The molecule has 0 radical (unpaired) electrons. The molecule has 0 aromatic carbocycles. The molecule has 27 heavy (non-hydrogen) atoms. The quantitative estimate of drug-likeness (QED) is 0.744. The fourth-order valence-corrected chi connectivity index (χ4v) is 5.67. The summed E-state index contributed by atoms with van der Waals surface area (Å²) < 4.78 is 27.4. The molecule has 3 heterocycles. The summed E-state index contributed by atoms with van der Waals surface area (Å²) in [5.74, 6) is 0.162. The zero-order chi connectivity index (χ0) is 19.8. The van der Waals surface area contributed by atoms with Gasteiger partial charge in [0.25, 0.3) is 15.9 Å². The van der Waals surface area contributed by atoms with Crippen LogP contribution in [-0.4, -0.2) is 74.8 Å². The van der Waals surface area contributed by atoms with Crippen LogP contribution < -0.4 is 4.90 Å². The highest BCUT2D eigenvalue weighted by Gasteiger charge is 2.36. The van der Waals surface area contributed by atoms with Crippen LogP contribution in [0.5, 0.6) is 0 Å². The summed E-state index contributed by atoms with van der Waals surface area (Å²) in [4.78, 5) is 24.7. The van der Waals surface area contributed by atoms with Crippen LogP contribution in [0, 0.1) is 0 Å². The van der Waals surface area contributed by atoms with E-state index in [1.54, 1.807) is 36.5 Å². The number of hydrogen-bond donors (Lipinski definition) is 0. The number of anilines is 1. The van der Waals surface area contributed by atoms with Gasteiger partial charge in [-0.2, -0.15) is 4.31 Å². The molecule has 0 spiro atoms. The van der Waals surface area contributed by atoms with Crippen LogP contribution in [0.3, 0.4) is 0 Å². The van der Waals surface area contributed by atoms with Crippen LogP contribution in [0.4, 0.5) is 5.95 Å². The van der Waals surface area contributed by atoms with Crippen molar-refractivity contribution < 1.29 is 13.2 Å². The minimum Gasteiger partial charge on any atom is -0.347 e. The second-order valence-corrected chi connectivity index (χ2v) is 9.96. The van der Waals surface area contributed by atoms with E-state index in [9.17, 15) is 13.2 Å². The van der Waals surface area contributed by atoms with Crippen LogP contribution in [0.1, 0.15) is 28.4 Å². The molecule has 0 N–H and O–H groups in total. The van der Waals surface area contributed by atoms with Crippen molar-refractivity contribution >= 4 is 33.2 Å². The first-order valence-corrected chi connectivity index (χ1v) is 10.8. The number of carbonyl (C=O) groups is 1. The molecule has 1 atom stereocenters. The van der Waals surface area contributed by atoms with Crippen LogP contribution in [-0.2, 0) is 10.0 Å². The van der Waals surface area contributed by atoms with Crippen LogP contribution in [0.15, 0.2) is 27.9 Å². The predicted octanol–water partition coefficient (Wildman–Crippen LogP) is 1.48. The number of aromatic nitrogens is 2. The van der Waals surface area contributed by atoms with E-state index in [0.29, 0.717) is 40.9 Å². The largest absolute Gasteiger partial charge is 0.347 e. The van der Waals surface area contributed by atoms with Crippen molar-refractivity contribution in [1.82, 2.24) is 19.2 Å². The second kappa shape index (κ2) is 7.53. The third kappa shape index (κ3) is 3.83. The number of carbonyl (C=O) groups excluding carboxylic acids is 1. The standard InChI is InChI=1S/C17H23N5O3S2/c1-20(2)16(23)13-10-18-17(21(3)4)19-15(13)12-7-8-22(11-12)27(24,25)14-6-5-9-26-14/h5-6,9-10,12H,7-8,11H2,1-4H3. The van der Waals surface area contributed by atoms with E-state index in [-0.39, 0.29) is 11.8 Å². The Morgan fingerprint density at radius 1 is 1.30 bits per heavy atom. The predicted molar refractivity (Wildman–Crippen MR) is 105 cm³/mol. The highest BCUT2D eigenvalue weighted by Crippen LogP contribution is 2.33. The molecule has 1 fully saturated rings. The number of hydrogen-bond acceptors (Lipinski definition) is 7. The summed E-state index contributed by atoms with van der Waals surface area (Å²) in [5, 5.41) is 1.75. The lowest BCUT2D eigenvalue weighted by atomic mass is 9.99. The monoisotopic (exact) mass is 409 g/mol. The van der Waals surface area contributed by atoms with E-state index in [1.165, 1.54) is 26.7 Å². The lowest BCUT2D eigenvalue weighted by Gasteiger charge is -2.20. The molecule has 1 unspecified atom stereocenters. The minimum atomic E-state index is -3.51. The van der Waals surface area contributed by atoms with Gasteiger partial charge < -0.3 is 9.80 Å². The Kier molecular flexibility index (Phi) is 5.50. The van der Waals surface area contributed by atoms with E-state index >= 15 is 0 Å². The number of rotatable bonds is 5. The summed E-state index contributed by atoms with van der Waals surface area (Å²) >= 11 is 1.21. The molecular formula is C17H23N5O3S2. The average molecular weight is 410 g/mol. The van der Waals surface area contributed by atoms with Gasteiger partial charge in [0.1, 0.15) is 4.21 Å². The van der Waals surface area contributed by atoms with E-state index in [2.05, 4.69) is 9.97 Å². The van der Waals surface area contributed by atoms with E-state index in [4.69, 9.17) is 0 Å². The smallest absolute Gasteiger partial charge is 0.256 e. The molecule has 1 saturated heterocycles. The van der Waals surface area contributed by atoms with Crippen molar-refractivity contribution in [2.75, 3.05) is 46.2 Å². The van der Waals surface area contributed by atoms with Crippen LogP contribution >= 0.6 is 11.3 Å². The average Bonchev–Trinajstić information content (AvgIpc) is 3.32. The van der Waals surface area contributed by atoms with Crippen molar-refractivity contribution in [3.8, 4) is 0 Å². The molecule has 3 rings (SSSR count). The van der Waals surface area contributed by atoms with Gasteiger partial charge in [0.2, 0.25) is 5.95 Å². The van der Waals surface area contributed by atoms with Gasteiger partial charge in [0.05, 0.1) is 11.3 Å². The molecule has 1 aliphatic rings. The Morgan fingerprint density at radius 2 is 2.04 bits per heavy atom. The van der Waals surface area contributed by atoms with Gasteiger partial charge in [-0.3, -0.25) is 4.79 Å². The first-order chi connectivity index (χ1) is 12.7. The molecule has 1 aliphatic heterocycles. The zero-order valence-electron chi connectivity index (χ0n) is 15.8. The maximum Gasteiger partial charge on any atom is 0.256 e. The van der Waals surface area contributed by atoms with E-state index in [1.807, 2.05) is 14.1 Å². The number of thiophene rings is 1. The first kappa shape index (κ1) is 19.7. The van der Waals surface area contributed by atoms with Gasteiger partial charge in [0.15, 0.2) is 0 Å². The molecule has 2 aromatic rings. The topological polar surface area (TPSA) is 86.7 Å². The third-order valence-corrected chi connectivity index (χ3v) is 7.71. The van der Waals surface area contributed by atoms with Crippen molar-refractivity contribution in [2.45, 2.75) is 16.5 Å². The van der Waals surface area contributed by atoms with Crippen LogP contribution in [0.25, 0.3) is 0 Å². The normalized spacial score (nSPS) is 17.9. The molecule has 146 valence electrons. The zero-order valence-corrected chi connectivity index (χ0v) is 17.4. The third-order valence-electron chi connectivity index (χ3n) is 4.47. The fraction of sp³-hybridized carbons (Fsp3) is 0.471. The summed E-state index contributed by atoms with van der Waals surface area (Å²) in [6.07, 6.45) is 2.15. The Hall–Kier alpha value is -2.04. The summed E-state index contributed by atoms with van der Waals surface area (Å²) in [6, 6.07) is 3.34. The maximum absolute atomic E-state index is 12.8. The maximum atomic E-state index is 12.8. The van der Waals surface area contributed by atoms with E-state index in [0.717, 1.165) is 0 Å². The highest BCUT2D eigenvalue weighted by atomic mass is 32.2. The summed E-state index contributed by atoms with van der Waals surface area (Å²) in [6.45, 7) is 0.708. The van der Waals surface area contributed by atoms with Crippen molar-refractivity contribution in [2.24, 2.45) is 0 Å². The minimum absolute atomic E-state index is 0.152. The molecule has 10 heteroatoms. The summed E-state index contributed by atoms with van der Waals surface area (Å²) in [5.41, 5.74) is 1.03. The van der Waals surface area contributed by atoms with Gasteiger partial charge in [-0.1, -0.05) is 6.07 Å². The molecule has 0 aliphatic carbocycles. The first-order valence-electron chi connectivity index (χ1n) is 8.51. The molecular weight excluding hydrogens is 386 g/mol. The van der Waals surface area contributed by atoms with Gasteiger partial charge in [-0.15, -0.1) is 11.3 Å². The van der Waals surface area contributed by atoms with Gasteiger partial charge >= 0.3 is 0 Å². The Labute approximate surface area is 163 Å². The molecule has 0 saturated carbocycles. The summed E-state index contributed by atoms with van der Waals surface area (Å²) in [7, 11) is 3.50. The number of nitrogens with zero attached hydrogens (tertiary/aromatic N) is 5. The van der Waals surface area contributed by atoms with Gasteiger partial charge in [-0.25, -0.2) is 18.4 Å². The fourth-order valence-electron chi connectivity index (χ4n) is 3.02. The number of amides is 1. The second-order valence-electron chi connectivity index (χ2n) is 6.84. The van der Waals surface area contributed by atoms with Crippen molar-refractivity contribution in [1.29, 1.82) is 0 Å². The molecule has 2 aromatic heterocycles. The molecule has 0 bridgehead atoms. The molecule has 1 amide bonds. The SMILES string of the molecule is CN(C)C(=O)c1cnc(N(C)C)nc1C1CCN(S(=O)(=O)c2cccs2)C1. The van der Waals surface area contributed by atoms with E-state index < -0.39 is 10.0 Å². The molecule has 8 nitrogen and oxygen atoms in total.